The molecule has 0 unspecified atom stereocenters. The van der Waals surface area contributed by atoms with E-state index < -0.39 is 5.51 Å². The Morgan fingerprint density at radius 3 is 2.69 bits per heavy atom. The first-order valence-electron chi connectivity index (χ1n) is 3.33. The molecule has 0 aliphatic heterocycles. The smallest absolute Gasteiger partial charge is 0.257 e. The Morgan fingerprint density at radius 2 is 2.23 bits per heavy atom. The van der Waals surface area contributed by atoms with E-state index in [1.807, 2.05) is 0 Å². The van der Waals surface area contributed by atoms with Crippen molar-refractivity contribution in [3.05, 3.63) is 11.2 Å². The van der Waals surface area contributed by atoms with Crippen LogP contribution in [-0.2, 0) is 6.54 Å². The van der Waals surface area contributed by atoms with E-state index in [1.165, 1.54) is 0 Å². The van der Waals surface area contributed by atoms with Crippen LogP contribution < -0.4 is 0 Å². The molecule has 0 N–H and O–H groups in total. The molecule has 0 atom stereocenters. The molecule has 1 rings (SSSR count). The second-order valence-corrected chi connectivity index (χ2v) is 3.53. The number of rotatable bonds is 2. The highest BCUT2D eigenvalue weighted by Crippen LogP contribution is 2.39. The first kappa shape index (κ1) is 10.7. The number of hydrogen-bond acceptors (Lipinski definition) is 2. The maximum absolute atomic E-state index is 12.0. The first-order valence-corrected chi connectivity index (χ1v) is 4.53. The van der Waals surface area contributed by atoms with Crippen molar-refractivity contribution >= 4 is 23.4 Å². The lowest BCUT2D eigenvalue weighted by atomic mass is 10.7. The minimum absolute atomic E-state index is 0.0934. The van der Waals surface area contributed by atoms with Crippen molar-refractivity contribution in [2.75, 3.05) is 0 Å². The molecule has 0 fully saturated rings. The SMILES string of the molecule is CCn1n[c]c(Cl)c1SC(F)(F)F. The van der Waals surface area contributed by atoms with Gasteiger partial charge in [-0.2, -0.15) is 18.3 Å². The summed E-state index contributed by atoms with van der Waals surface area (Å²) >= 11 is 5.19. The summed E-state index contributed by atoms with van der Waals surface area (Å²) in [6, 6.07) is 0. The zero-order chi connectivity index (χ0) is 10.1. The summed E-state index contributed by atoms with van der Waals surface area (Å²) in [6.45, 7) is 2.01. The van der Waals surface area contributed by atoms with Gasteiger partial charge < -0.3 is 0 Å². The van der Waals surface area contributed by atoms with Gasteiger partial charge in [0, 0.05) is 18.3 Å². The summed E-state index contributed by atoms with van der Waals surface area (Å²) in [5.41, 5.74) is -4.34. The summed E-state index contributed by atoms with van der Waals surface area (Å²) in [4.78, 5) is 0. The van der Waals surface area contributed by atoms with Crippen molar-refractivity contribution in [2.24, 2.45) is 0 Å². The Kier molecular flexibility index (Phi) is 3.13. The average Bonchev–Trinajstić information content (AvgIpc) is 2.30. The number of alkyl halides is 3. The highest BCUT2D eigenvalue weighted by atomic mass is 35.5. The van der Waals surface area contributed by atoms with Gasteiger partial charge >= 0.3 is 5.51 Å². The van der Waals surface area contributed by atoms with Gasteiger partial charge in [-0.1, -0.05) is 11.6 Å². The molecule has 13 heavy (non-hydrogen) atoms. The Hall–Kier alpha value is -0.360. The minimum Gasteiger partial charge on any atom is -0.257 e. The van der Waals surface area contributed by atoms with Gasteiger partial charge in [0.15, 0.2) is 0 Å². The van der Waals surface area contributed by atoms with E-state index in [1.54, 1.807) is 6.92 Å². The highest BCUT2D eigenvalue weighted by Gasteiger charge is 2.32. The molecule has 0 bridgehead atoms. The van der Waals surface area contributed by atoms with Gasteiger partial charge in [-0.05, 0) is 6.92 Å². The van der Waals surface area contributed by atoms with Crippen LogP contribution in [-0.4, -0.2) is 15.3 Å². The molecule has 0 aromatic carbocycles. The van der Waals surface area contributed by atoms with Gasteiger partial charge in [0.2, 0.25) is 0 Å². The lowest BCUT2D eigenvalue weighted by Crippen LogP contribution is -2.05. The van der Waals surface area contributed by atoms with E-state index in [0.717, 1.165) is 4.68 Å². The van der Waals surface area contributed by atoms with Crippen LogP contribution in [0.4, 0.5) is 13.2 Å². The Morgan fingerprint density at radius 1 is 1.62 bits per heavy atom. The predicted molar refractivity (Wildman–Crippen MR) is 43.7 cm³/mol. The molecular weight excluding hydrogens is 225 g/mol. The molecule has 0 spiro atoms. The zero-order valence-electron chi connectivity index (χ0n) is 6.52. The van der Waals surface area contributed by atoms with Crippen LogP contribution in [0.3, 0.4) is 0 Å². The van der Waals surface area contributed by atoms with Crippen LogP contribution >= 0.6 is 23.4 Å². The predicted octanol–water partition coefficient (Wildman–Crippen LogP) is 2.97. The number of hydrogen-bond donors (Lipinski definition) is 0. The molecule has 0 aliphatic rings. The Bertz CT molecular complexity index is 297. The molecule has 2 nitrogen and oxygen atoms in total. The van der Waals surface area contributed by atoms with Crippen LogP contribution in [0, 0.1) is 6.20 Å². The summed E-state index contributed by atoms with van der Waals surface area (Å²) in [6.07, 6.45) is 2.27. The molecule has 1 radical (unpaired) electrons. The maximum atomic E-state index is 12.0. The van der Waals surface area contributed by atoms with Gasteiger partial charge in [0.25, 0.3) is 0 Å². The van der Waals surface area contributed by atoms with Crippen molar-refractivity contribution in [3.8, 4) is 0 Å². The number of thioether (sulfide) groups is 1. The first-order chi connectivity index (χ1) is 5.94. The normalized spacial score (nSPS) is 12.1. The van der Waals surface area contributed by atoms with Crippen molar-refractivity contribution in [2.45, 2.75) is 24.0 Å². The fourth-order valence-corrected chi connectivity index (χ4v) is 1.61. The third kappa shape index (κ3) is 2.80. The number of nitrogens with zero attached hydrogens (tertiary/aromatic N) is 2. The molecule has 7 heteroatoms. The largest absolute Gasteiger partial charge is 0.447 e. The third-order valence-electron chi connectivity index (χ3n) is 1.20. The van der Waals surface area contributed by atoms with E-state index in [4.69, 9.17) is 11.6 Å². The topological polar surface area (TPSA) is 17.8 Å². The highest BCUT2D eigenvalue weighted by molar-refractivity contribution is 8.00. The molecule has 1 heterocycles. The summed E-state index contributed by atoms with van der Waals surface area (Å²) in [7, 11) is 0. The summed E-state index contributed by atoms with van der Waals surface area (Å²) in [5, 5.41) is 3.35. The molecule has 1 aromatic rings. The molecule has 0 aliphatic carbocycles. The second-order valence-electron chi connectivity index (χ2n) is 2.09. The second kappa shape index (κ2) is 3.79. The lowest BCUT2D eigenvalue weighted by molar-refractivity contribution is -0.0330. The number of aromatic nitrogens is 2. The molecule has 0 amide bonds. The van der Waals surface area contributed by atoms with Gasteiger partial charge in [0.05, 0.1) is 0 Å². The molecule has 1 aromatic heterocycles. The van der Waals surface area contributed by atoms with Crippen molar-refractivity contribution < 1.29 is 13.2 Å². The van der Waals surface area contributed by atoms with Crippen LogP contribution in [0.2, 0.25) is 5.02 Å². The molecule has 0 saturated carbocycles. The van der Waals surface area contributed by atoms with Crippen LogP contribution in [0.15, 0.2) is 5.03 Å². The fraction of sp³-hybridized carbons (Fsp3) is 0.500. The van der Waals surface area contributed by atoms with Gasteiger partial charge in [-0.25, -0.2) is 0 Å². The van der Waals surface area contributed by atoms with E-state index in [2.05, 4.69) is 11.3 Å². The van der Waals surface area contributed by atoms with Crippen molar-refractivity contribution in [1.29, 1.82) is 0 Å². The lowest BCUT2D eigenvalue weighted by Gasteiger charge is -2.07. The van der Waals surface area contributed by atoms with E-state index in [-0.39, 0.29) is 21.8 Å². The van der Waals surface area contributed by atoms with E-state index in [0.29, 0.717) is 6.54 Å². The van der Waals surface area contributed by atoms with Gasteiger partial charge in [-0.15, -0.1) is 0 Å². The Labute approximate surface area is 82.1 Å². The minimum atomic E-state index is -4.34. The average molecular weight is 230 g/mol. The monoisotopic (exact) mass is 229 g/mol. The number of halogens is 4. The summed E-state index contributed by atoms with van der Waals surface area (Å²) < 4.78 is 37.0. The molecule has 0 saturated heterocycles. The molecular formula is C6H5ClF3N2S. The third-order valence-corrected chi connectivity index (χ3v) is 2.42. The van der Waals surface area contributed by atoms with Crippen LogP contribution in [0.5, 0.6) is 0 Å². The van der Waals surface area contributed by atoms with Crippen molar-refractivity contribution in [1.82, 2.24) is 9.78 Å². The van der Waals surface area contributed by atoms with Gasteiger partial charge in [-0.3, -0.25) is 4.68 Å². The van der Waals surface area contributed by atoms with Crippen molar-refractivity contribution in [3.63, 3.8) is 0 Å². The maximum Gasteiger partial charge on any atom is 0.447 e. The van der Waals surface area contributed by atoms with Crippen LogP contribution in [0.25, 0.3) is 0 Å². The van der Waals surface area contributed by atoms with E-state index >= 15 is 0 Å². The van der Waals surface area contributed by atoms with E-state index in [9.17, 15) is 13.2 Å². The fourth-order valence-electron chi connectivity index (χ4n) is 0.732. The Balaban J connectivity index is 2.92. The standard InChI is InChI=1S/C6H5ClF3N2S/c1-2-12-5(4(7)3-11-12)13-6(8,9)10/h2H2,1H3. The van der Waals surface area contributed by atoms with Gasteiger partial charge in [0.1, 0.15) is 16.2 Å². The quantitative estimate of drug-likeness (QED) is 0.726. The zero-order valence-corrected chi connectivity index (χ0v) is 8.09. The number of aryl methyl sites for hydroxylation is 1. The summed E-state index contributed by atoms with van der Waals surface area (Å²) in [5.74, 6) is 0. The molecule has 73 valence electrons. The van der Waals surface area contributed by atoms with Crippen LogP contribution in [0.1, 0.15) is 6.92 Å².